The molecule has 4 amide bonds. The quantitative estimate of drug-likeness (QED) is 0.0856. The van der Waals surface area contributed by atoms with Gasteiger partial charge in [-0.25, -0.2) is 19.6 Å². The van der Waals surface area contributed by atoms with Gasteiger partial charge in [0, 0.05) is 53.4 Å². The molecule has 0 aromatic carbocycles. The van der Waals surface area contributed by atoms with Crippen molar-refractivity contribution in [3.8, 4) is 0 Å². The number of rotatable bonds is 16. The molecule has 2 aliphatic carbocycles. The van der Waals surface area contributed by atoms with E-state index in [0.29, 0.717) is 37.8 Å². The summed E-state index contributed by atoms with van der Waals surface area (Å²) in [6, 6.07) is 0. The number of nitrogens with one attached hydrogen (secondary N) is 6. The van der Waals surface area contributed by atoms with Crippen LogP contribution < -0.4 is 42.4 Å². The topological polar surface area (TPSA) is 245 Å². The predicted octanol–water partition coefficient (Wildman–Crippen LogP) is 4.47. The van der Waals surface area contributed by atoms with Gasteiger partial charge in [0.15, 0.2) is 23.3 Å². The zero-order valence-corrected chi connectivity index (χ0v) is 35.2. The van der Waals surface area contributed by atoms with Crippen LogP contribution >= 0.6 is 23.2 Å². The van der Waals surface area contributed by atoms with E-state index < -0.39 is 47.5 Å². The Kier molecular flexibility index (Phi) is 17.1. The predicted molar refractivity (Wildman–Crippen MR) is 219 cm³/mol. The van der Waals surface area contributed by atoms with E-state index in [9.17, 15) is 28.0 Å². The first-order chi connectivity index (χ1) is 28.7. The zero-order chi connectivity index (χ0) is 43.3. The lowest BCUT2D eigenvalue weighted by molar-refractivity contribution is -0.125. The van der Waals surface area contributed by atoms with Gasteiger partial charge in [0.1, 0.15) is 0 Å². The number of anilines is 4. The van der Waals surface area contributed by atoms with Gasteiger partial charge in [-0.2, -0.15) is 28.7 Å². The lowest BCUT2D eigenvalue weighted by Crippen LogP contribution is -2.42. The Morgan fingerprint density at radius 2 is 1.00 bits per heavy atom. The van der Waals surface area contributed by atoms with Crippen LogP contribution in [0.1, 0.15) is 77.0 Å². The fraction of sp³-hybridized carbons (Fsp3) is 0.667. The van der Waals surface area contributed by atoms with Gasteiger partial charge in [0.05, 0.1) is 11.8 Å². The number of hydrogen-bond donors (Lipinski definition) is 8. The first-order valence-electron chi connectivity index (χ1n) is 20.2. The van der Waals surface area contributed by atoms with Crippen LogP contribution in [0.25, 0.3) is 0 Å². The van der Waals surface area contributed by atoms with Gasteiger partial charge in [-0.1, -0.05) is 51.4 Å². The average Bonchev–Trinajstić information content (AvgIpc) is 4.06. The van der Waals surface area contributed by atoms with Crippen molar-refractivity contribution in [2.75, 3.05) is 74.2 Å². The standard InChI is InChI=1S/2C18H27ClFN7O3/c2*1-26-7-4-8-27(26)15-13(20)14(22-17(19)23-15)24-25-16(28)12(10-21-18(29)30)9-11-5-2-3-6-11/h2*11-12,21H,2-10H2,1H3,(H,25,28)(H,29,30)(H,22,23,24)/t2*12-/m11/s1. The van der Waals surface area contributed by atoms with Crippen molar-refractivity contribution in [1.82, 2.24) is 51.4 Å². The Hall–Kier alpha value is -4.80. The molecule has 6 rings (SSSR count). The molecule has 0 spiro atoms. The summed E-state index contributed by atoms with van der Waals surface area (Å²) in [6.07, 6.45) is 8.98. The maximum absolute atomic E-state index is 15.0. The fourth-order valence-electron chi connectivity index (χ4n) is 8.07. The van der Waals surface area contributed by atoms with Crippen LogP contribution in [-0.4, -0.2) is 118 Å². The van der Waals surface area contributed by atoms with E-state index in [1.54, 1.807) is 10.0 Å². The molecule has 60 heavy (non-hydrogen) atoms. The number of hydrogen-bond acceptors (Lipinski definition) is 14. The van der Waals surface area contributed by atoms with E-state index in [-0.39, 0.29) is 46.9 Å². The molecule has 2 aliphatic heterocycles. The second kappa shape index (κ2) is 22.2. The Labute approximate surface area is 356 Å². The maximum Gasteiger partial charge on any atom is 0.404 e. The SMILES string of the molecule is CN1CCCN1c1nc(Cl)nc(NNC(=O)[C@@H](CNC(=O)O)CC2CCCC2)c1F.CN1CCCN1c1nc(Cl)nc(NNC(=O)[C@@H](CNC(=O)O)CC2CCCC2)c1F. The van der Waals surface area contributed by atoms with E-state index in [4.69, 9.17) is 33.4 Å². The molecule has 4 heterocycles. The smallest absolute Gasteiger partial charge is 0.404 e. The fourth-order valence-corrected chi connectivity index (χ4v) is 8.40. The van der Waals surface area contributed by atoms with Crippen LogP contribution in [-0.2, 0) is 9.59 Å². The van der Waals surface area contributed by atoms with E-state index >= 15 is 0 Å². The van der Waals surface area contributed by atoms with Crippen LogP contribution in [0, 0.1) is 35.3 Å². The summed E-state index contributed by atoms with van der Waals surface area (Å²) in [5.41, 5.74) is 9.89. The van der Waals surface area contributed by atoms with Crippen molar-refractivity contribution in [2.45, 2.75) is 77.0 Å². The molecule has 24 heteroatoms. The number of hydrazine groups is 4. The van der Waals surface area contributed by atoms with Crippen molar-refractivity contribution in [1.29, 1.82) is 0 Å². The largest absolute Gasteiger partial charge is 0.465 e. The number of carboxylic acid groups (broad SMARTS) is 2. The summed E-state index contributed by atoms with van der Waals surface area (Å²) < 4.78 is 29.9. The Morgan fingerprint density at radius 3 is 1.32 bits per heavy atom. The summed E-state index contributed by atoms with van der Waals surface area (Å²) in [7, 11) is 3.64. The Bertz CT molecular complexity index is 1680. The highest BCUT2D eigenvalue weighted by molar-refractivity contribution is 6.28. The molecule has 0 unspecified atom stereocenters. The van der Waals surface area contributed by atoms with E-state index in [1.165, 1.54) is 0 Å². The molecule has 0 bridgehead atoms. The lowest BCUT2D eigenvalue weighted by Gasteiger charge is -2.26. The van der Waals surface area contributed by atoms with Crippen LogP contribution in [0.5, 0.6) is 0 Å². The second-order valence-corrected chi connectivity index (χ2v) is 16.1. The van der Waals surface area contributed by atoms with E-state index in [1.807, 2.05) is 24.1 Å². The number of halogens is 4. The van der Waals surface area contributed by atoms with Gasteiger partial charge < -0.3 is 20.8 Å². The van der Waals surface area contributed by atoms with Gasteiger partial charge in [0.25, 0.3) is 0 Å². The molecule has 2 atom stereocenters. The van der Waals surface area contributed by atoms with Gasteiger partial charge in [-0.15, -0.1) is 0 Å². The van der Waals surface area contributed by atoms with Crippen molar-refractivity contribution in [3.05, 3.63) is 22.2 Å². The van der Waals surface area contributed by atoms with Gasteiger partial charge in [-0.3, -0.25) is 41.3 Å². The number of amides is 4. The minimum atomic E-state index is -1.19. The molecule has 4 fully saturated rings. The van der Waals surface area contributed by atoms with Crippen molar-refractivity contribution in [2.24, 2.45) is 23.7 Å². The minimum Gasteiger partial charge on any atom is -0.465 e. The Balaban J connectivity index is 0.000000228. The number of nitrogens with zero attached hydrogens (tertiary/aromatic N) is 8. The molecule has 2 saturated heterocycles. The van der Waals surface area contributed by atoms with E-state index in [0.717, 1.165) is 77.3 Å². The molecule has 2 aromatic rings. The minimum absolute atomic E-state index is 0.0177. The summed E-state index contributed by atoms with van der Waals surface area (Å²) >= 11 is 11.9. The summed E-state index contributed by atoms with van der Waals surface area (Å²) in [5.74, 6) is -3.19. The van der Waals surface area contributed by atoms with Crippen LogP contribution in [0.2, 0.25) is 10.6 Å². The third-order valence-electron chi connectivity index (χ3n) is 11.2. The molecule has 20 nitrogen and oxygen atoms in total. The van der Waals surface area contributed by atoms with Gasteiger partial charge >= 0.3 is 12.2 Å². The highest BCUT2D eigenvalue weighted by Gasteiger charge is 2.30. The first kappa shape index (κ1) is 46.3. The van der Waals surface area contributed by atoms with Crippen LogP contribution in [0.15, 0.2) is 0 Å². The van der Waals surface area contributed by atoms with Crippen LogP contribution in [0.3, 0.4) is 0 Å². The number of aromatic nitrogens is 4. The van der Waals surface area contributed by atoms with Gasteiger partial charge in [0.2, 0.25) is 34.0 Å². The molecule has 0 radical (unpaired) electrons. The third-order valence-corrected chi connectivity index (χ3v) is 11.5. The van der Waals surface area contributed by atoms with Crippen molar-refractivity contribution in [3.63, 3.8) is 0 Å². The lowest BCUT2D eigenvalue weighted by atomic mass is 9.92. The van der Waals surface area contributed by atoms with Crippen LogP contribution in [0.4, 0.5) is 41.6 Å². The normalized spacial score (nSPS) is 18.4. The summed E-state index contributed by atoms with van der Waals surface area (Å²) in [5, 5.41) is 29.0. The zero-order valence-electron chi connectivity index (χ0n) is 33.7. The van der Waals surface area contributed by atoms with Gasteiger partial charge in [-0.05, 0) is 60.7 Å². The molecule has 4 aliphatic rings. The monoisotopic (exact) mass is 886 g/mol. The number of carbonyl (C=O) groups is 4. The summed E-state index contributed by atoms with van der Waals surface area (Å²) in [4.78, 5) is 62.7. The Morgan fingerprint density at radius 1 is 0.633 bits per heavy atom. The maximum atomic E-state index is 15.0. The molecule has 8 N–H and O–H groups in total. The van der Waals surface area contributed by atoms with Crippen molar-refractivity contribution >= 4 is 70.5 Å². The average molecular weight is 888 g/mol. The van der Waals surface area contributed by atoms with E-state index in [2.05, 4.69) is 52.3 Å². The summed E-state index contributed by atoms with van der Waals surface area (Å²) in [6.45, 7) is 2.68. The third kappa shape index (κ3) is 13.1. The molecular formula is C36H54Cl2F2N14O6. The second-order valence-electron chi connectivity index (χ2n) is 15.4. The highest BCUT2D eigenvalue weighted by atomic mass is 35.5. The van der Waals surface area contributed by atoms with Crippen molar-refractivity contribution < 1.29 is 38.2 Å². The first-order valence-corrected chi connectivity index (χ1v) is 20.9. The molecule has 332 valence electrons. The molecule has 2 saturated carbocycles. The molecule has 2 aromatic heterocycles. The highest BCUT2D eigenvalue weighted by Crippen LogP contribution is 2.32. The molecular weight excluding hydrogens is 833 g/mol. The number of carbonyl (C=O) groups excluding carboxylic acids is 2.